The first-order chi connectivity index (χ1) is 15.5. The topological polar surface area (TPSA) is 69.7 Å². The van der Waals surface area contributed by atoms with Gasteiger partial charge in [0.1, 0.15) is 12.4 Å². The standard InChI is InChI=1S/C25H26FN3O3/c26-18-7-5-16(6-8-18)17-13-19-9-10-20(14-17)29(19)25(32)12-11-24(31)28-15-23(30)27-21-3-1-2-4-22(21)28/h1-8,17,19-20H,9-15H2,(H,27,30)/t19-,20-/m1/s1. The molecule has 6 nitrogen and oxygen atoms in total. The van der Waals surface area contributed by atoms with E-state index in [-0.39, 0.29) is 55.0 Å². The van der Waals surface area contributed by atoms with Crippen molar-refractivity contribution < 1.29 is 18.8 Å². The number of nitrogens with one attached hydrogen (secondary N) is 1. The van der Waals surface area contributed by atoms with Crippen molar-refractivity contribution in [3.8, 4) is 0 Å². The van der Waals surface area contributed by atoms with Gasteiger partial charge in [0.15, 0.2) is 0 Å². The summed E-state index contributed by atoms with van der Waals surface area (Å²) in [6, 6.07) is 14.2. The minimum atomic E-state index is -0.234. The van der Waals surface area contributed by atoms with E-state index < -0.39 is 0 Å². The maximum absolute atomic E-state index is 13.3. The lowest BCUT2D eigenvalue weighted by molar-refractivity contribution is -0.137. The zero-order valence-electron chi connectivity index (χ0n) is 17.8. The minimum absolute atomic E-state index is 0.0122. The summed E-state index contributed by atoms with van der Waals surface area (Å²) in [5.41, 5.74) is 2.42. The van der Waals surface area contributed by atoms with Gasteiger partial charge in [-0.05, 0) is 61.4 Å². The van der Waals surface area contributed by atoms with Crippen LogP contribution in [0.5, 0.6) is 0 Å². The molecule has 0 unspecified atom stereocenters. The average Bonchev–Trinajstić information content (AvgIpc) is 3.06. The monoisotopic (exact) mass is 435 g/mol. The van der Waals surface area contributed by atoms with Gasteiger partial charge in [0.25, 0.3) is 0 Å². The molecule has 32 heavy (non-hydrogen) atoms. The van der Waals surface area contributed by atoms with Crippen molar-refractivity contribution in [2.45, 2.75) is 56.5 Å². The molecule has 2 saturated heterocycles. The zero-order chi connectivity index (χ0) is 22.2. The van der Waals surface area contributed by atoms with Gasteiger partial charge in [-0.15, -0.1) is 0 Å². The third kappa shape index (κ3) is 3.87. The largest absolute Gasteiger partial charge is 0.337 e. The molecule has 0 saturated carbocycles. The quantitative estimate of drug-likeness (QED) is 0.794. The average molecular weight is 435 g/mol. The smallest absolute Gasteiger partial charge is 0.244 e. The van der Waals surface area contributed by atoms with Crippen LogP contribution in [-0.2, 0) is 14.4 Å². The molecular weight excluding hydrogens is 409 g/mol. The zero-order valence-corrected chi connectivity index (χ0v) is 17.8. The van der Waals surface area contributed by atoms with Crippen LogP contribution in [0.25, 0.3) is 0 Å². The summed E-state index contributed by atoms with van der Waals surface area (Å²) in [5, 5.41) is 2.77. The number of fused-ring (bicyclic) bond motifs is 3. The van der Waals surface area contributed by atoms with Crippen LogP contribution in [-0.4, -0.2) is 41.2 Å². The van der Waals surface area contributed by atoms with Crippen LogP contribution in [0.3, 0.4) is 0 Å². The molecule has 0 aliphatic carbocycles. The van der Waals surface area contributed by atoms with Crippen LogP contribution in [0.15, 0.2) is 48.5 Å². The number of para-hydroxylation sites is 2. The minimum Gasteiger partial charge on any atom is -0.337 e. The molecular formula is C25H26FN3O3. The summed E-state index contributed by atoms with van der Waals surface area (Å²) < 4.78 is 13.3. The van der Waals surface area contributed by atoms with Gasteiger partial charge >= 0.3 is 0 Å². The molecule has 0 aromatic heterocycles. The number of anilines is 2. The fourth-order valence-corrected chi connectivity index (χ4v) is 5.53. The first-order valence-corrected chi connectivity index (χ1v) is 11.3. The van der Waals surface area contributed by atoms with Gasteiger partial charge in [0, 0.05) is 24.9 Å². The number of halogens is 1. The van der Waals surface area contributed by atoms with E-state index >= 15 is 0 Å². The Labute approximate surface area is 186 Å². The lowest BCUT2D eigenvalue weighted by Crippen LogP contribution is -2.47. The lowest BCUT2D eigenvalue weighted by atomic mass is 9.85. The number of hydrogen-bond donors (Lipinski definition) is 1. The number of amides is 3. The number of hydrogen-bond acceptors (Lipinski definition) is 3. The molecule has 2 fully saturated rings. The van der Waals surface area contributed by atoms with E-state index in [1.165, 1.54) is 17.0 Å². The molecule has 3 amide bonds. The number of carbonyl (C=O) groups is 3. The summed E-state index contributed by atoms with van der Waals surface area (Å²) in [7, 11) is 0. The molecule has 3 aliphatic heterocycles. The van der Waals surface area contributed by atoms with Crippen molar-refractivity contribution in [1.29, 1.82) is 0 Å². The predicted molar refractivity (Wildman–Crippen MR) is 119 cm³/mol. The molecule has 0 radical (unpaired) electrons. The second kappa shape index (κ2) is 8.37. The van der Waals surface area contributed by atoms with Crippen LogP contribution < -0.4 is 10.2 Å². The van der Waals surface area contributed by atoms with E-state index in [4.69, 9.17) is 0 Å². The van der Waals surface area contributed by atoms with Gasteiger partial charge in [-0.3, -0.25) is 14.4 Å². The van der Waals surface area contributed by atoms with E-state index in [1.807, 2.05) is 29.2 Å². The number of benzene rings is 2. The molecule has 7 heteroatoms. The Balaban J connectivity index is 1.21. The van der Waals surface area contributed by atoms with Gasteiger partial charge in [-0.1, -0.05) is 24.3 Å². The summed E-state index contributed by atoms with van der Waals surface area (Å²) >= 11 is 0. The highest BCUT2D eigenvalue weighted by Gasteiger charge is 2.43. The van der Waals surface area contributed by atoms with Crippen LogP contribution in [0.4, 0.5) is 15.8 Å². The van der Waals surface area contributed by atoms with Gasteiger partial charge in [0.05, 0.1) is 11.4 Å². The van der Waals surface area contributed by atoms with Gasteiger partial charge < -0.3 is 15.1 Å². The number of piperidine rings is 1. The second-order valence-electron chi connectivity index (χ2n) is 8.95. The second-order valence-corrected chi connectivity index (χ2v) is 8.95. The Bertz CT molecular complexity index is 1040. The third-order valence-electron chi connectivity index (χ3n) is 6.99. The third-order valence-corrected chi connectivity index (χ3v) is 6.99. The highest BCUT2D eigenvalue weighted by Crippen LogP contribution is 2.43. The van der Waals surface area contributed by atoms with Crippen molar-refractivity contribution in [1.82, 2.24) is 4.90 Å². The summed E-state index contributed by atoms with van der Waals surface area (Å²) in [6.07, 6.45) is 3.93. The molecule has 1 N–H and O–H groups in total. The first kappa shape index (κ1) is 20.7. The van der Waals surface area contributed by atoms with E-state index in [9.17, 15) is 18.8 Å². The van der Waals surface area contributed by atoms with Crippen molar-refractivity contribution >= 4 is 29.1 Å². The molecule has 166 valence electrons. The maximum Gasteiger partial charge on any atom is 0.244 e. The summed E-state index contributed by atoms with van der Waals surface area (Å²) in [5.74, 6) is -0.332. The van der Waals surface area contributed by atoms with Crippen LogP contribution >= 0.6 is 0 Å². The SMILES string of the molecule is O=C1CN(C(=O)CCC(=O)N2[C@@H]3CC[C@@H]2CC(c2ccc(F)cc2)C3)c2ccccc2N1. The Morgan fingerprint density at radius 1 is 0.938 bits per heavy atom. The van der Waals surface area contributed by atoms with Crippen molar-refractivity contribution in [3.05, 3.63) is 59.9 Å². The molecule has 0 spiro atoms. The van der Waals surface area contributed by atoms with Crippen molar-refractivity contribution in [3.63, 3.8) is 0 Å². The van der Waals surface area contributed by atoms with Gasteiger partial charge in [0.2, 0.25) is 17.7 Å². The summed E-state index contributed by atoms with van der Waals surface area (Å²) in [4.78, 5) is 41.4. The molecule has 2 aromatic rings. The molecule has 2 atom stereocenters. The molecule has 2 bridgehead atoms. The number of nitrogens with zero attached hydrogens (tertiary/aromatic N) is 2. The van der Waals surface area contributed by atoms with E-state index in [2.05, 4.69) is 5.32 Å². The van der Waals surface area contributed by atoms with Gasteiger partial charge in [-0.25, -0.2) is 4.39 Å². The molecule has 3 heterocycles. The maximum atomic E-state index is 13.3. The number of rotatable bonds is 4. The lowest BCUT2D eigenvalue weighted by Gasteiger charge is -2.39. The van der Waals surface area contributed by atoms with Crippen LogP contribution in [0.1, 0.15) is 50.0 Å². The molecule has 3 aliphatic rings. The molecule has 2 aromatic carbocycles. The number of carbonyl (C=O) groups excluding carboxylic acids is 3. The Morgan fingerprint density at radius 2 is 1.59 bits per heavy atom. The Hall–Kier alpha value is -3.22. The fourth-order valence-electron chi connectivity index (χ4n) is 5.53. The van der Waals surface area contributed by atoms with Gasteiger partial charge in [-0.2, -0.15) is 0 Å². The normalized spacial score (nSPS) is 24.2. The summed E-state index contributed by atoms with van der Waals surface area (Å²) in [6.45, 7) is -0.0294. The van der Waals surface area contributed by atoms with Crippen LogP contribution in [0.2, 0.25) is 0 Å². The Morgan fingerprint density at radius 3 is 2.31 bits per heavy atom. The predicted octanol–water partition coefficient (Wildman–Crippen LogP) is 3.83. The van der Waals surface area contributed by atoms with E-state index in [1.54, 1.807) is 12.1 Å². The Kier molecular flexibility index (Phi) is 5.41. The fraction of sp³-hybridized carbons (Fsp3) is 0.400. The highest BCUT2D eigenvalue weighted by molar-refractivity contribution is 6.10. The van der Waals surface area contributed by atoms with Crippen molar-refractivity contribution in [2.24, 2.45) is 0 Å². The first-order valence-electron chi connectivity index (χ1n) is 11.3. The van der Waals surface area contributed by atoms with E-state index in [0.29, 0.717) is 17.3 Å². The highest BCUT2D eigenvalue weighted by atomic mass is 19.1. The van der Waals surface area contributed by atoms with Crippen molar-refractivity contribution in [2.75, 3.05) is 16.8 Å². The molecule has 5 rings (SSSR count). The van der Waals surface area contributed by atoms with E-state index in [0.717, 1.165) is 31.2 Å². The van der Waals surface area contributed by atoms with Crippen LogP contribution in [0, 0.1) is 5.82 Å².